The number of hydrogen-bond donors (Lipinski definition) is 1. The number of nitrogens with one attached hydrogen (secondary N) is 1. The second-order valence-electron chi connectivity index (χ2n) is 4.23. The average Bonchev–Trinajstić information content (AvgIpc) is 2.67. The van der Waals surface area contributed by atoms with Crippen molar-refractivity contribution in [1.29, 1.82) is 0 Å². The Morgan fingerprint density at radius 2 is 1.87 bits per heavy atom. The highest BCUT2D eigenvalue weighted by molar-refractivity contribution is 9.09. The van der Waals surface area contributed by atoms with Crippen LogP contribution in [0.1, 0.15) is 26.7 Å². The monoisotopic (exact) mass is 298 g/mol. The normalized spacial score (nSPS) is 21.1. The Balaban J connectivity index is 2.61. The third-order valence-corrected chi connectivity index (χ3v) is 5.02. The van der Waals surface area contributed by atoms with Crippen molar-refractivity contribution in [3.63, 3.8) is 0 Å². The summed E-state index contributed by atoms with van der Waals surface area (Å²) in [6, 6.07) is -0.0319. The third-order valence-electron chi connectivity index (χ3n) is 2.68. The lowest BCUT2D eigenvalue weighted by atomic mass is 10.1. The van der Waals surface area contributed by atoms with E-state index in [9.17, 15) is 8.42 Å². The molecule has 1 aliphatic rings. The van der Waals surface area contributed by atoms with Crippen LogP contribution in [-0.2, 0) is 10.2 Å². The maximum absolute atomic E-state index is 11.9. The van der Waals surface area contributed by atoms with E-state index in [1.807, 2.05) is 13.8 Å². The summed E-state index contributed by atoms with van der Waals surface area (Å²) < 4.78 is 28.1. The first-order chi connectivity index (χ1) is 6.97. The van der Waals surface area contributed by atoms with E-state index in [0.29, 0.717) is 24.3 Å². The average molecular weight is 299 g/mol. The molecule has 0 aromatic heterocycles. The molecule has 0 amide bonds. The summed E-state index contributed by atoms with van der Waals surface area (Å²) in [4.78, 5) is 0. The van der Waals surface area contributed by atoms with E-state index in [1.54, 1.807) is 0 Å². The van der Waals surface area contributed by atoms with Gasteiger partial charge < -0.3 is 0 Å². The minimum Gasteiger partial charge on any atom is -0.198 e. The van der Waals surface area contributed by atoms with Crippen molar-refractivity contribution in [3.05, 3.63) is 0 Å². The van der Waals surface area contributed by atoms with Crippen LogP contribution in [0.15, 0.2) is 0 Å². The van der Waals surface area contributed by atoms with E-state index in [4.69, 9.17) is 0 Å². The Hall–Kier alpha value is 0.350. The molecule has 1 N–H and O–H groups in total. The highest BCUT2D eigenvalue weighted by Crippen LogP contribution is 2.14. The van der Waals surface area contributed by atoms with Crippen molar-refractivity contribution in [2.75, 3.05) is 18.4 Å². The molecule has 1 saturated heterocycles. The number of halogens is 1. The summed E-state index contributed by atoms with van der Waals surface area (Å²) in [5, 5.41) is 0.651. The van der Waals surface area contributed by atoms with Gasteiger partial charge in [-0.3, -0.25) is 0 Å². The van der Waals surface area contributed by atoms with Crippen molar-refractivity contribution in [1.82, 2.24) is 9.03 Å². The minimum absolute atomic E-state index is 0.0319. The van der Waals surface area contributed by atoms with Gasteiger partial charge in [0, 0.05) is 24.5 Å². The predicted octanol–water partition coefficient (Wildman–Crippen LogP) is 1.34. The Labute approximate surface area is 101 Å². The number of alkyl halides is 1. The number of nitrogens with zero attached hydrogens (tertiary/aromatic N) is 1. The molecule has 1 heterocycles. The van der Waals surface area contributed by atoms with E-state index in [-0.39, 0.29) is 6.04 Å². The lowest BCUT2D eigenvalue weighted by molar-refractivity contribution is 0.430. The topological polar surface area (TPSA) is 49.4 Å². The van der Waals surface area contributed by atoms with Crippen LogP contribution in [0.25, 0.3) is 0 Å². The van der Waals surface area contributed by atoms with Crippen LogP contribution in [0.4, 0.5) is 0 Å². The molecule has 4 nitrogen and oxygen atoms in total. The zero-order chi connectivity index (χ0) is 11.5. The van der Waals surface area contributed by atoms with E-state index < -0.39 is 10.2 Å². The fourth-order valence-corrected chi connectivity index (χ4v) is 4.29. The molecule has 0 saturated carbocycles. The molecular weight excluding hydrogens is 280 g/mol. The second kappa shape index (κ2) is 5.61. The molecule has 15 heavy (non-hydrogen) atoms. The highest BCUT2D eigenvalue weighted by atomic mass is 79.9. The van der Waals surface area contributed by atoms with Crippen molar-refractivity contribution in [2.45, 2.75) is 32.7 Å². The van der Waals surface area contributed by atoms with E-state index in [1.165, 1.54) is 4.31 Å². The predicted molar refractivity (Wildman–Crippen MR) is 65.3 cm³/mol. The first kappa shape index (κ1) is 13.4. The van der Waals surface area contributed by atoms with Gasteiger partial charge in [0.05, 0.1) is 0 Å². The molecule has 1 unspecified atom stereocenters. The molecular formula is C9H19BrN2O2S. The summed E-state index contributed by atoms with van der Waals surface area (Å²) in [6.45, 7) is 5.34. The van der Waals surface area contributed by atoms with Crippen LogP contribution in [-0.4, -0.2) is 37.2 Å². The van der Waals surface area contributed by atoms with Gasteiger partial charge in [0.15, 0.2) is 0 Å². The molecule has 90 valence electrons. The lowest BCUT2D eigenvalue weighted by Crippen LogP contribution is -2.46. The molecule has 0 radical (unpaired) electrons. The second-order valence-corrected chi connectivity index (χ2v) is 6.58. The first-order valence-corrected chi connectivity index (χ1v) is 7.87. The van der Waals surface area contributed by atoms with Crippen LogP contribution in [0.3, 0.4) is 0 Å². The molecule has 6 heteroatoms. The smallest absolute Gasteiger partial charge is 0.198 e. The summed E-state index contributed by atoms with van der Waals surface area (Å²) in [5.41, 5.74) is 0. The SMILES string of the molecule is CC(C)C(CBr)NS(=O)(=O)N1CCCC1. The maximum atomic E-state index is 11.9. The Morgan fingerprint density at radius 1 is 1.33 bits per heavy atom. The van der Waals surface area contributed by atoms with Crippen molar-refractivity contribution in [2.24, 2.45) is 5.92 Å². The fourth-order valence-electron chi connectivity index (χ4n) is 1.54. The van der Waals surface area contributed by atoms with Gasteiger partial charge in [0.25, 0.3) is 10.2 Å². The number of hydrogen-bond acceptors (Lipinski definition) is 2. The van der Waals surface area contributed by atoms with Crippen LogP contribution in [0.5, 0.6) is 0 Å². The van der Waals surface area contributed by atoms with Gasteiger partial charge in [-0.25, -0.2) is 0 Å². The van der Waals surface area contributed by atoms with E-state index in [0.717, 1.165) is 12.8 Å². The van der Waals surface area contributed by atoms with Crippen LogP contribution in [0.2, 0.25) is 0 Å². The third kappa shape index (κ3) is 3.69. The minimum atomic E-state index is -3.26. The van der Waals surface area contributed by atoms with Crippen LogP contribution >= 0.6 is 15.9 Å². The molecule has 0 aliphatic carbocycles. The zero-order valence-electron chi connectivity index (χ0n) is 9.24. The highest BCUT2D eigenvalue weighted by Gasteiger charge is 2.28. The van der Waals surface area contributed by atoms with Gasteiger partial charge in [0.2, 0.25) is 0 Å². The lowest BCUT2D eigenvalue weighted by Gasteiger charge is -2.23. The van der Waals surface area contributed by atoms with Crippen LogP contribution < -0.4 is 4.72 Å². The number of rotatable bonds is 5. The fraction of sp³-hybridized carbons (Fsp3) is 1.00. The van der Waals surface area contributed by atoms with Gasteiger partial charge in [-0.2, -0.15) is 17.4 Å². The maximum Gasteiger partial charge on any atom is 0.279 e. The van der Waals surface area contributed by atoms with Gasteiger partial charge in [-0.05, 0) is 18.8 Å². The van der Waals surface area contributed by atoms with Crippen molar-refractivity contribution >= 4 is 26.1 Å². The van der Waals surface area contributed by atoms with Gasteiger partial charge in [-0.15, -0.1) is 0 Å². The van der Waals surface area contributed by atoms with Gasteiger partial charge >= 0.3 is 0 Å². The Bertz CT molecular complexity index is 286. The van der Waals surface area contributed by atoms with Crippen molar-refractivity contribution in [3.8, 4) is 0 Å². The molecule has 0 bridgehead atoms. The first-order valence-electron chi connectivity index (χ1n) is 5.30. The summed E-state index contributed by atoms with van der Waals surface area (Å²) in [7, 11) is -3.26. The molecule has 0 aromatic carbocycles. The molecule has 1 rings (SSSR count). The summed E-state index contributed by atoms with van der Waals surface area (Å²) in [6.07, 6.45) is 1.95. The molecule has 1 aliphatic heterocycles. The Morgan fingerprint density at radius 3 is 2.27 bits per heavy atom. The Kier molecular flexibility index (Phi) is 5.02. The van der Waals surface area contributed by atoms with Gasteiger partial charge in [0.1, 0.15) is 0 Å². The van der Waals surface area contributed by atoms with Crippen LogP contribution in [0, 0.1) is 5.92 Å². The standard InChI is InChI=1S/C9H19BrN2O2S/c1-8(2)9(7-10)11-15(13,14)12-5-3-4-6-12/h8-9,11H,3-7H2,1-2H3. The summed E-state index contributed by atoms with van der Waals surface area (Å²) in [5.74, 6) is 0.293. The van der Waals surface area contributed by atoms with E-state index in [2.05, 4.69) is 20.7 Å². The van der Waals surface area contributed by atoms with Gasteiger partial charge in [-0.1, -0.05) is 29.8 Å². The van der Waals surface area contributed by atoms with Crippen molar-refractivity contribution < 1.29 is 8.42 Å². The largest absolute Gasteiger partial charge is 0.279 e. The summed E-state index contributed by atoms with van der Waals surface area (Å²) >= 11 is 3.33. The molecule has 1 atom stereocenters. The van der Waals surface area contributed by atoms with E-state index >= 15 is 0 Å². The zero-order valence-corrected chi connectivity index (χ0v) is 11.6. The quantitative estimate of drug-likeness (QED) is 0.779. The molecule has 0 spiro atoms. The molecule has 1 fully saturated rings. The molecule has 0 aromatic rings.